The van der Waals surface area contributed by atoms with Crippen LogP contribution in [0.4, 0.5) is 24.5 Å². The highest BCUT2D eigenvalue weighted by Crippen LogP contribution is 2.38. The number of piperidine rings is 1. The van der Waals surface area contributed by atoms with Gasteiger partial charge in [-0.25, -0.2) is 0 Å². The van der Waals surface area contributed by atoms with Crippen molar-refractivity contribution in [2.24, 2.45) is 5.92 Å². The molecule has 3 N–H and O–H groups in total. The number of rotatable bonds is 1. The highest BCUT2D eigenvalue weighted by Gasteiger charge is 2.42. The van der Waals surface area contributed by atoms with Gasteiger partial charge < -0.3 is 15.7 Å². The number of aromatic hydroxyl groups is 1. The number of phenols is 1. The van der Waals surface area contributed by atoms with Crippen LogP contribution in [0.1, 0.15) is 12.8 Å². The van der Waals surface area contributed by atoms with Crippen LogP contribution in [0.25, 0.3) is 0 Å². The average molecular weight is 260 g/mol. The van der Waals surface area contributed by atoms with Crippen LogP contribution >= 0.6 is 0 Å². The Bertz CT molecular complexity index is 434. The van der Waals surface area contributed by atoms with Crippen molar-refractivity contribution in [2.75, 3.05) is 23.7 Å². The van der Waals surface area contributed by atoms with E-state index in [1.54, 1.807) is 17.0 Å². The second-order valence-corrected chi connectivity index (χ2v) is 4.54. The minimum atomic E-state index is -4.18. The number of anilines is 2. The summed E-state index contributed by atoms with van der Waals surface area (Å²) in [6, 6.07) is 4.63. The van der Waals surface area contributed by atoms with Crippen molar-refractivity contribution < 1.29 is 18.3 Å². The normalized spacial score (nSPS) is 21.1. The first-order valence-electron chi connectivity index (χ1n) is 5.78. The van der Waals surface area contributed by atoms with Crippen molar-refractivity contribution in [3.05, 3.63) is 18.2 Å². The molecule has 0 amide bonds. The number of nitrogens with zero attached hydrogens (tertiary/aromatic N) is 1. The van der Waals surface area contributed by atoms with Crippen LogP contribution in [0, 0.1) is 5.92 Å². The molecule has 3 nitrogen and oxygen atoms in total. The molecule has 2 rings (SSSR count). The molecule has 1 unspecified atom stereocenters. The van der Waals surface area contributed by atoms with E-state index in [2.05, 4.69) is 0 Å². The van der Waals surface area contributed by atoms with E-state index in [1.807, 2.05) is 0 Å². The number of hydrogen-bond donors (Lipinski definition) is 2. The summed E-state index contributed by atoms with van der Waals surface area (Å²) in [5.74, 6) is -1.42. The van der Waals surface area contributed by atoms with Gasteiger partial charge >= 0.3 is 6.18 Å². The lowest BCUT2D eigenvalue weighted by Gasteiger charge is -2.35. The summed E-state index contributed by atoms with van der Waals surface area (Å²) in [5, 5.41) is 9.48. The van der Waals surface area contributed by atoms with Crippen molar-refractivity contribution in [3.63, 3.8) is 0 Å². The van der Waals surface area contributed by atoms with Crippen LogP contribution in [0.15, 0.2) is 18.2 Å². The molecule has 0 radical (unpaired) electrons. The minimum Gasteiger partial charge on any atom is -0.506 e. The number of nitrogen functional groups attached to an aromatic ring is 1. The van der Waals surface area contributed by atoms with E-state index in [-0.39, 0.29) is 24.4 Å². The molecule has 0 saturated carbocycles. The topological polar surface area (TPSA) is 49.5 Å². The van der Waals surface area contributed by atoms with Gasteiger partial charge in [0.2, 0.25) is 0 Å². The van der Waals surface area contributed by atoms with E-state index in [0.717, 1.165) is 0 Å². The second kappa shape index (κ2) is 4.59. The Kier molecular flexibility index (Phi) is 3.28. The molecular weight excluding hydrogens is 245 g/mol. The number of benzene rings is 1. The third-order valence-electron chi connectivity index (χ3n) is 3.29. The molecule has 0 bridgehead atoms. The smallest absolute Gasteiger partial charge is 0.393 e. The molecule has 0 spiro atoms. The van der Waals surface area contributed by atoms with E-state index >= 15 is 0 Å². The number of halogens is 3. The zero-order valence-corrected chi connectivity index (χ0v) is 9.74. The van der Waals surface area contributed by atoms with Crippen LogP contribution in [-0.4, -0.2) is 24.4 Å². The summed E-state index contributed by atoms with van der Waals surface area (Å²) in [6.45, 7) is 0.428. The molecule has 6 heteroatoms. The van der Waals surface area contributed by atoms with E-state index in [1.165, 1.54) is 6.07 Å². The van der Waals surface area contributed by atoms with Gasteiger partial charge in [0.15, 0.2) is 0 Å². The van der Waals surface area contributed by atoms with E-state index in [9.17, 15) is 18.3 Å². The predicted molar refractivity (Wildman–Crippen MR) is 63.5 cm³/mol. The van der Waals surface area contributed by atoms with Gasteiger partial charge in [-0.3, -0.25) is 0 Å². The van der Waals surface area contributed by atoms with Crippen LogP contribution < -0.4 is 10.6 Å². The average Bonchev–Trinajstić information content (AvgIpc) is 2.32. The van der Waals surface area contributed by atoms with Gasteiger partial charge in [-0.1, -0.05) is 6.07 Å². The molecule has 1 heterocycles. The molecule has 1 aromatic carbocycles. The maximum atomic E-state index is 12.7. The van der Waals surface area contributed by atoms with Crippen molar-refractivity contribution >= 4 is 11.4 Å². The first-order chi connectivity index (χ1) is 8.39. The Morgan fingerprint density at radius 1 is 1.33 bits per heavy atom. The zero-order chi connectivity index (χ0) is 13.3. The quantitative estimate of drug-likeness (QED) is 0.603. The van der Waals surface area contributed by atoms with Gasteiger partial charge in [-0.15, -0.1) is 0 Å². The first-order valence-corrected chi connectivity index (χ1v) is 5.78. The molecule has 100 valence electrons. The van der Waals surface area contributed by atoms with Crippen molar-refractivity contribution in [1.82, 2.24) is 0 Å². The van der Waals surface area contributed by atoms with Gasteiger partial charge in [0.05, 0.1) is 17.3 Å². The maximum Gasteiger partial charge on any atom is 0.393 e. The number of para-hydroxylation sites is 1. The van der Waals surface area contributed by atoms with Crippen LogP contribution in [-0.2, 0) is 0 Å². The van der Waals surface area contributed by atoms with Crippen molar-refractivity contribution in [1.29, 1.82) is 0 Å². The summed E-state index contributed by atoms with van der Waals surface area (Å²) < 4.78 is 38.1. The Hall–Kier alpha value is -1.59. The third kappa shape index (κ3) is 2.47. The largest absolute Gasteiger partial charge is 0.506 e. The summed E-state index contributed by atoms with van der Waals surface area (Å²) in [4.78, 5) is 1.59. The lowest BCUT2D eigenvalue weighted by molar-refractivity contribution is -0.175. The predicted octanol–water partition coefficient (Wildman–Crippen LogP) is 2.75. The molecule has 0 aliphatic carbocycles. The van der Waals surface area contributed by atoms with Crippen molar-refractivity contribution in [2.45, 2.75) is 19.0 Å². The molecule has 1 atom stereocenters. The number of alkyl halides is 3. The lowest BCUT2D eigenvalue weighted by atomic mass is 9.97. The first kappa shape index (κ1) is 12.9. The SMILES string of the molecule is Nc1c(O)cccc1N1CCCC(C(F)(F)F)C1. The van der Waals surface area contributed by atoms with Gasteiger partial charge in [-0.2, -0.15) is 13.2 Å². The van der Waals surface area contributed by atoms with Gasteiger partial charge in [0.25, 0.3) is 0 Å². The fraction of sp³-hybridized carbons (Fsp3) is 0.500. The molecule has 1 aliphatic rings. The summed E-state index contributed by atoms with van der Waals surface area (Å²) in [5.41, 5.74) is 6.31. The molecule has 18 heavy (non-hydrogen) atoms. The van der Waals surface area contributed by atoms with E-state index < -0.39 is 12.1 Å². The maximum absolute atomic E-state index is 12.7. The Labute approximate surface area is 103 Å². The van der Waals surface area contributed by atoms with E-state index in [4.69, 9.17) is 5.73 Å². The van der Waals surface area contributed by atoms with Crippen LogP contribution in [0.3, 0.4) is 0 Å². The molecule has 1 aromatic rings. The molecule has 1 aliphatic heterocycles. The van der Waals surface area contributed by atoms with Crippen molar-refractivity contribution in [3.8, 4) is 5.75 Å². The molecule has 0 aromatic heterocycles. The van der Waals surface area contributed by atoms with Gasteiger partial charge in [-0.05, 0) is 25.0 Å². The summed E-state index contributed by atoms with van der Waals surface area (Å²) >= 11 is 0. The number of phenolic OH excluding ortho intramolecular Hbond substituents is 1. The molecular formula is C12H15F3N2O. The molecule has 1 fully saturated rings. The van der Waals surface area contributed by atoms with Gasteiger partial charge in [0, 0.05) is 13.1 Å². The van der Waals surface area contributed by atoms with Crippen LogP contribution in [0.2, 0.25) is 0 Å². The fourth-order valence-corrected chi connectivity index (χ4v) is 2.28. The third-order valence-corrected chi connectivity index (χ3v) is 3.29. The summed E-state index contributed by atoms with van der Waals surface area (Å²) in [7, 11) is 0. The lowest BCUT2D eigenvalue weighted by Crippen LogP contribution is -2.42. The Morgan fingerprint density at radius 3 is 2.72 bits per heavy atom. The highest BCUT2D eigenvalue weighted by molar-refractivity contribution is 5.73. The fourth-order valence-electron chi connectivity index (χ4n) is 2.28. The highest BCUT2D eigenvalue weighted by atomic mass is 19.4. The number of hydrogen-bond acceptors (Lipinski definition) is 3. The summed E-state index contributed by atoms with van der Waals surface area (Å²) in [6.07, 6.45) is -3.55. The number of nitrogens with two attached hydrogens (primary N) is 1. The molecule has 1 saturated heterocycles. The zero-order valence-electron chi connectivity index (χ0n) is 9.74. The Balaban J connectivity index is 2.21. The second-order valence-electron chi connectivity index (χ2n) is 4.54. The standard InChI is InChI=1S/C12H15F3N2O/c13-12(14,15)8-3-2-6-17(7-8)9-4-1-5-10(18)11(9)16/h1,4-5,8,18H,2-3,6-7,16H2. The minimum absolute atomic E-state index is 0.0957. The van der Waals surface area contributed by atoms with Crippen LogP contribution in [0.5, 0.6) is 5.75 Å². The monoisotopic (exact) mass is 260 g/mol. The van der Waals surface area contributed by atoms with E-state index in [0.29, 0.717) is 18.7 Å². The Morgan fingerprint density at radius 2 is 2.06 bits per heavy atom. The van der Waals surface area contributed by atoms with Gasteiger partial charge in [0.1, 0.15) is 5.75 Å².